The highest BCUT2D eigenvalue weighted by molar-refractivity contribution is 5.47. The lowest BCUT2D eigenvalue weighted by atomic mass is 9.88. The largest absolute Gasteiger partial charge is 0.454 e. The highest BCUT2D eigenvalue weighted by atomic mass is 16.7. The number of benzene rings is 3. The van der Waals surface area contributed by atoms with E-state index in [2.05, 4.69) is 91.0 Å². The third-order valence-electron chi connectivity index (χ3n) is 5.39. The fourth-order valence-electron chi connectivity index (χ4n) is 3.73. The summed E-state index contributed by atoms with van der Waals surface area (Å²) >= 11 is 0. The number of hydrogen-bond acceptors (Lipinski definition) is 4. The van der Waals surface area contributed by atoms with Crippen molar-refractivity contribution in [2.75, 3.05) is 32.3 Å². The summed E-state index contributed by atoms with van der Waals surface area (Å²) in [6.07, 6.45) is 1.01. The normalized spacial score (nSPS) is 13.3. The molecule has 0 aliphatic carbocycles. The zero-order valence-electron chi connectivity index (χ0n) is 17.1. The molecule has 3 aromatic rings. The lowest BCUT2D eigenvalue weighted by molar-refractivity contribution is 0.174. The molecule has 4 rings (SSSR count). The Morgan fingerprint density at radius 1 is 0.862 bits per heavy atom. The number of nitrogens with zero attached hydrogens (tertiary/aromatic N) is 1. The molecule has 3 aromatic carbocycles. The Morgan fingerprint density at radius 2 is 1.62 bits per heavy atom. The van der Waals surface area contributed by atoms with E-state index < -0.39 is 0 Å². The molecule has 0 amide bonds. The third kappa shape index (κ3) is 4.72. The zero-order chi connectivity index (χ0) is 20.1. The van der Waals surface area contributed by atoms with Gasteiger partial charge in [-0.15, -0.1) is 0 Å². The average Bonchev–Trinajstić information content (AvgIpc) is 3.22. The van der Waals surface area contributed by atoms with Gasteiger partial charge in [0.05, 0.1) is 0 Å². The molecule has 150 valence electrons. The second kappa shape index (κ2) is 9.01. The molecule has 0 spiro atoms. The minimum Gasteiger partial charge on any atom is -0.454 e. The number of hydrogen-bond donors (Lipinski definition) is 1. The molecule has 4 heteroatoms. The molecule has 1 N–H and O–H groups in total. The van der Waals surface area contributed by atoms with Gasteiger partial charge < -0.3 is 19.7 Å². The van der Waals surface area contributed by atoms with Gasteiger partial charge in [-0.1, -0.05) is 48.5 Å². The summed E-state index contributed by atoms with van der Waals surface area (Å²) in [6.45, 7) is 2.11. The highest BCUT2D eigenvalue weighted by Crippen LogP contribution is 2.37. The van der Waals surface area contributed by atoms with E-state index in [1.165, 1.54) is 22.4 Å². The van der Waals surface area contributed by atoms with Gasteiger partial charge in [-0.2, -0.15) is 0 Å². The predicted octanol–water partition coefficient (Wildman–Crippen LogP) is 4.79. The molecule has 0 radical (unpaired) electrons. The van der Waals surface area contributed by atoms with Crippen molar-refractivity contribution in [2.24, 2.45) is 0 Å². The summed E-state index contributed by atoms with van der Waals surface area (Å²) in [7, 11) is 4.13. The topological polar surface area (TPSA) is 33.7 Å². The molecule has 1 atom stereocenters. The van der Waals surface area contributed by atoms with Gasteiger partial charge in [0.1, 0.15) is 0 Å². The van der Waals surface area contributed by atoms with Crippen LogP contribution in [0.25, 0.3) is 0 Å². The summed E-state index contributed by atoms with van der Waals surface area (Å²) in [6, 6.07) is 25.7. The van der Waals surface area contributed by atoms with Crippen LogP contribution in [-0.2, 0) is 6.54 Å². The fourth-order valence-corrected chi connectivity index (χ4v) is 3.73. The first-order valence-corrected chi connectivity index (χ1v) is 10.1. The Bertz CT molecular complexity index is 923. The van der Waals surface area contributed by atoms with Crippen molar-refractivity contribution in [1.82, 2.24) is 5.32 Å². The molecule has 0 bridgehead atoms. The molecule has 0 saturated carbocycles. The van der Waals surface area contributed by atoms with Crippen molar-refractivity contribution < 1.29 is 9.47 Å². The summed E-state index contributed by atoms with van der Waals surface area (Å²) < 4.78 is 11.1. The van der Waals surface area contributed by atoms with Crippen LogP contribution in [-0.4, -0.2) is 27.4 Å². The van der Waals surface area contributed by atoms with Crippen LogP contribution < -0.4 is 19.7 Å². The number of fused-ring (bicyclic) bond motifs is 1. The summed E-state index contributed by atoms with van der Waals surface area (Å²) in [5, 5.41) is 3.60. The Kier molecular flexibility index (Phi) is 6.01. The van der Waals surface area contributed by atoms with Gasteiger partial charge in [-0.3, -0.25) is 0 Å². The van der Waals surface area contributed by atoms with Gasteiger partial charge in [-0.25, -0.2) is 0 Å². The first-order valence-electron chi connectivity index (χ1n) is 10.1. The van der Waals surface area contributed by atoms with Gasteiger partial charge in [0.15, 0.2) is 11.5 Å². The number of ether oxygens (including phenoxy) is 2. The summed E-state index contributed by atoms with van der Waals surface area (Å²) in [5.41, 5.74) is 5.11. The Hall–Kier alpha value is -2.98. The van der Waals surface area contributed by atoms with Crippen molar-refractivity contribution in [3.63, 3.8) is 0 Å². The second-order valence-electron chi connectivity index (χ2n) is 7.60. The van der Waals surface area contributed by atoms with E-state index in [0.29, 0.717) is 12.7 Å². The van der Waals surface area contributed by atoms with E-state index in [0.717, 1.165) is 31.0 Å². The fraction of sp³-hybridized carbons (Fsp3) is 0.280. The Morgan fingerprint density at radius 3 is 2.38 bits per heavy atom. The lowest BCUT2D eigenvalue weighted by Crippen LogP contribution is -2.18. The first kappa shape index (κ1) is 19.3. The van der Waals surface area contributed by atoms with Crippen LogP contribution in [0.5, 0.6) is 11.5 Å². The van der Waals surface area contributed by atoms with Crippen molar-refractivity contribution >= 4 is 5.69 Å². The van der Waals surface area contributed by atoms with Crippen LogP contribution in [0.3, 0.4) is 0 Å². The third-order valence-corrected chi connectivity index (χ3v) is 5.39. The molecule has 29 heavy (non-hydrogen) atoms. The zero-order valence-corrected chi connectivity index (χ0v) is 17.1. The molecule has 0 saturated heterocycles. The van der Waals surface area contributed by atoms with E-state index in [4.69, 9.17) is 9.47 Å². The molecule has 1 heterocycles. The minimum atomic E-state index is 0.308. The predicted molar refractivity (Wildman–Crippen MR) is 118 cm³/mol. The monoisotopic (exact) mass is 388 g/mol. The Balaban J connectivity index is 1.41. The van der Waals surface area contributed by atoms with E-state index in [1.807, 2.05) is 6.07 Å². The SMILES string of the molecule is CN(C)c1ccc(CNCC[C@H](c2ccccc2)c2ccc3c(c2)OCO3)cc1. The van der Waals surface area contributed by atoms with Gasteiger partial charge in [0, 0.05) is 32.2 Å². The van der Waals surface area contributed by atoms with E-state index in [1.54, 1.807) is 0 Å². The lowest BCUT2D eigenvalue weighted by Gasteiger charge is -2.19. The van der Waals surface area contributed by atoms with Crippen LogP contribution in [0.4, 0.5) is 5.69 Å². The standard InChI is InChI=1S/C25H28N2O2/c1-27(2)22-11-8-19(9-12-22)17-26-15-14-23(20-6-4-3-5-7-20)21-10-13-24-25(16-21)29-18-28-24/h3-13,16,23,26H,14-15,17-18H2,1-2H3/t23-/m1/s1. The van der Waals surface area contributed by atoms with Crippen LogP contribution in [0.15, 0.2) is 72.8 Å². The quantitative estimate of drug-likeness (QED) is 0.563. The van der Waals surface area contributed by atoms with Crippen molar-refractivity contribution in [3.8, 4) is 11.5 Å². The van der Waals surface area contributed by atoms with Gasteiger partial charge in [-0.05, 0) is 53.9 Å². The molecular formula is C25H28N2O2. The maximum atomic E-state index is 5.59. The molecule has 0 fully saturated rings. The maximum absolute atomic E-state index is 5.59. The highest BCUT2D eigenvalue weighted by Gasteiger charge is 2.19. The smallest absolute Gasteiger partial charge is 0.231 e. The first-order chi connectivity index (χ1) is 14.2. The molecule has 0 unspecified atom stereocenters. The molecule has 1 aliphatic heterocycles. The van der Waals surface area contributed by atoms with Crippen molar-refractivity contribution in [1.29, 1.82) is 0 Å². The summed E-state index contributed by atoms with van der Waals surface area (Å²) in [4.78, 5) is 2.12. The molecule has 4 nitrogen and oxygen atoms in total. The van der Waals surface area contributed by atoms with Crippen molar-refractivity contribution in [3.05, 3.63) is 89.5 Å². The van der Waals surface area contributed by atoms with Gasteiger partial charge in [0.25, 0.3) is 0 Å². The minimum absolute atomic E-state index is 0.308. The van der Waals surface area contributed by atoms with Gasteiger partial charge in [0.2, 0.25) is 6.79 Å². The van der Waals surface area contributed by atoms with Gasteiger partial charge >= 0.3 is 0 Å². The molecular weight excluding hydrogens is 360 g/mol. The van der Waals surface area contributed by atoms with E-state index >= 15 is 0 Å². The maximum Gasteiger partial charge on any atom is 0.231 e. The van der Waals surface area contributed by atoms with Crippen LogP contribution in [0, 0.1) is 0 Å². The second-order valence-corrected chi connectivity index (χ2v) is 7.60. The van der Waals surface area contributed by atoms with E-state index in [9.17, 15) is 0 Å². The van der Waals surface area contributed by atoms with Crippen LogP contribution >= 0.6 is 0 Å². The van der Waals surface area contributed by atoms with Crippen LogP contribution in [0.2, 0.25) is 0 Å². The number of anilines is 1. The number of nitrogens with one attached hydrogen (secondary N) is 1. The van der Waals surface area contributed by atoms with Crippen molar-refractivity contribution in [2.45, 2.75) is 18.9 Å². The van der Waals surface area contributed by atoms with Crippen LogP contribution in [0.1, 0.15) is 29.0 Å². The molecule has 0 aromatic heterocycles. The molecule has 1 aliphatic rings. The summed E-state index contributed by atoms with van der Waals surface area (Å²) in [5.74, 6) is 1.99. The number of rotatable bonds is 8. The van der Waals surface area contributed by atoms with E-state index in [-0.39, 0.29) is 0 Å². The Labute approximate surface area is 173 Å². The average molecular weight is 389 g/mol.